The molecule has 0 saturated carbocycles. The van der Waals surface area contributed by atoms with Gasteiger partial charge in [-0.2, -0.15) is 0 Å². The van der Waals surface area contributed by atoms with E-state index in [1.807, 2.05) is 51.1 Å². The lowest BCUT2D eigenvalue weighted by molar-refractivity contribution is -0.130. The summed E-state index contributed by atoms with van der Waals surface area (Å²) in [5.41, 5.74) is 9.26. The van der Waals surface area contributed by atoms with Crippen molar-refractivity contribution < 1.29 is 23.8 Å². The van der Waals surface area contributed by atoms with Crippen LogP contribution in [0.1, 0.15) is 62.6 Å². The Balaban J connectivity index is 1.71. The first-order valence-corrected chi connectivity index (χ1v) is 14.5. The van der Waals surface area contributed by atoms with Crippen molar-refractivity contribution in [2.45, 2.75) is 78.1 Å². The fourth-order valence-electron chi connectivity index (χ4n) is 4.06. The second-order valence-corrected chi connectivity index (χ2v) is 10.7. The lowest BCUT2D eigenvalue weighted by Gasteiger charge is -2.24. The maximum Gasteiger partial charge on any atom is 0.243 e. The highest BCUT2D eigenvalue weighted by molar-refractivity contribution is 6.30. The van der Waals surface area contributed by atoms with Gasteiger partial charge in [0.2, 0.25) is 11.8 Å². The van der Waals surface area contributed by atoms with E-state index in [-0.39, 0.29) is 23.8 Å². The third kappa shape index (κ3) is 12.7. The maximum absolute atomic E-state index is 12.9. The first-order chi connectivity index (χ1) is 19.2. The van der Waals surface area contributed by atoms with E-state index in [0.29, 0.717) is 57.3 Å². The zero-order chi connectivity index (χ0) is 29.3. The monoisotopic (exact) mass is 575 g/mol. The third-order valence-electron chi connectivity index (χ3n) is 6.77. The molecule has 2 rings (SSSR count). The summed E-state index contributed by atoms with van der Waals surface area (Å²) in [4.78, 5) is 25.5. The number of aryl methyl sites for hydroxylation is 1. The van der Waals surface area contributed by atoms with Crippen LogP contribution in [0.5, 0.6) is 5.75 Å². The van der Waals surface area contributed by atoms with Gasteiger partial charge in [0.1, 0.15) is 11.8 Å². The number of rotatable bonds is 19. The lowest BCUT2D eigenvalue weighted by atomic mass is 9.97. The van der Waals surface area contributed by atoms with Gasteiger partial charge in [0.25, 0.3) is 0 Å². The molecule has 0 aliphatic rings. The second kappa shape index (κ2) is 18.7. The Labute approximate surface area is 244 Å². The van der Waals surface area contributed by atoms with Gasteiger partial charge in [0.15, 0.2) is 0 Å². The molecule has 2 amide bonds. The molecule has 0 aliphatic carbocycles. The number of amides is 2. The molecule has 3 atom stereocenters. The van der Waals surface area contributed by atoms with Crippen LogP contribution < -0.4 is 21.1 Å². The average Bonchev–Trinajstić information content (AvgIpc) is 2.94. The minimum atomic E-state index is -0.592. The van der Waals surface area contributed by atoms with Gasteiger partial charge in [-0.25, -0.2) is 0 Å². The van der Waals surface area contributed by atoms with Crippen molar-refractivity contribution in [3.05, 3.63) is 64.2 Å². The van der Waals surface area contributed by atoms with Gasteiger partial charge < -0.3 is 30.6 Å². The predicted octanol–water partition coefficient (Wildman–Crippen LogP) is 4.93. The first kappa shape index (κ1) is 33.6. The predicted molar refractivity (Wildman–Crippen MR) is 159 cm³/mol. The van der Waals surface area contributed by atoms with E-state index in [2.05, 4.69) is 10.6 Å². The van der Waals surface area contributed by atoms with Gasteiger partial charge in [-0.05, 0) is 60.6 Å². The smallest absolute Gasteiger partial charge is 0.243 e. The van der Waals surface area contributed by atoms with Gasteiger partial charge >= 0.3 is 0 Å². The molecule has 2 aromatic rings. The van der Waals surface area contributed by atoms with E-state index in [9.17, 15) is 9.59 Å². The number of carbonyl (C=O) groups excluding carboxylic acids is 2. The summed E-state index contributed by atoms with van der Waals surface area (Å²) in [5.74, 6) is 0.505. The highest BCUT2D eigenvalue weighted by atomic mass is 35.5. The van der Waals surface area contributed by atoms with Gasteiger partial charge in [0.05, 0.1) is 19.8 Å². The molecule has 0 heterocycles. The van der Waals surface area contributed by atoms with Gasteiger partial charge in [-0.1, -0.05) is 56.1 Å². The largest absolute Gasteiger partial charge is 0.493 e. The molecule has 4 N–H and O–H groups in total. The van der Waals surface area contributed by atoms with Crippen molar-refractivity contribution in [3.8, 4) is 5.75 Å². The molecule has 2 aromatic carbocycles. The Morgan fingerprint density at radius 2 is 1.77 bits per heavy atom. The van der Waals surface area contributed by atoms with Gasteiger partial charge in [-0.15, -0.1) is 0 Å². The SMILES string of the molecule is CCC(C)C(NC(=O)CCCC(N)COCc1ccc(C)c(OCCCOC)c1)C(=O)NCc1ccc(Cl)cc1. The molecule has 8 nitrogen and oxygen atoms in total. The van der Waals surface area contributed by atoms with Crippen LogP contribution in [-0.2, 0) is 32.2 Å². The van der Waals surface area contributed by atoms with Crippen LogP contribution in [0.2, 0.25) is 5.02 Å². The van der Waals surface area contributed by atoms with Gasteiger partial charge in [-0.3, -0.25) is 9.59 Å². The Morgan fingerprint density at radius 3 is 2.48 bits per heavy atom. The molecule has 40 heavy (non-hydrogen) atoms. The molecular formula is C31H46ClN3O5. The van der Waals surface area contributed by atoms with E-state index >= 15 is 0 Å². The second-order valence-electron chi connectivity index (χ2n) is 10.2. The molecule has 0 aliphatic heterocycles. The summed E-state index contributed by atoms with van der Waals surface area (Å²) in [6.07, 6.45) is 3.15. The number of hydrogen-bond acceptors (Lipinski definition) is 6. The summed E-state index contributed by atoms with van der Waals surface area (Å²) in [5, 5.41) is 6.49. The molecule has 0 fully saturated rings. The summed E-state index contributed by atoms with van der Waals surface area (Å²) >= 11 is 5.93. The molecule has 9 heteroatoms. The van der Waals surface area contributed by atoms with E-state index in [0.717, 1.165) is 35.3 Å². The van der Waals surface area contributed by atoms with Crippen molar-refractivity contribution in [2.75, 3.05) is 26.9 Å². The normalized spacial score (nSPS) is 13.3. The standard InChI is InChI=1S/C31H46ClN3O5/c1-5-22(2)30(31(37)34-19-24-12-14-26(32)15-13-24)35-29(36)9-6-8-27(33)21-39-20-25-11-10-23(3)28(18-25)40-17-7-16-38-4/h10-15,18,22,27,30H,5-9,16-17,19-21,33H2,1-4H3,(H,34,37)(H,35,36). The van der Waals surface area contributed by atoms with Crippen molar-refractivity contribution in [2.24, 2.45) is 11.7 Å². The summed E-state index contributed by atoms with van der Waals surface area (Å²) in [6.45, 7) is 8.45. The average molecular weight is 576 g/mol. The molecule has 0 aromatic heterocycles. The molecule has 0 spiro atoms. The Hall–Kier alpha value is -2.65. The Morgan fingerprint density at radius 1 is 1.05 bits per heavy atom. The van der Waals surface area contributed by atoms with E-state index in [1.165, 1.54) is 0 Å². The maximum atomic E-state index is 12.9. The van der Waals surface area contributed by atoms with Crippen LogP contribution in [0.25, 0.3) is 0 Å². The Bertz CT molecular complexity index is 1030. The molecular weight excluding hydrogens is 530 g/mol. The van der Waals surface area contributed by atoms with Crippen LogP contribution >= 0.6 is 11.6 Å². The quantitative estimate of drug-likeness (QED) is 0.205. The van der Waals surface area contributed by atoms with Crippen LogP contribution in [-0.4, -0.2) is 50.8 Å². The van der Waals surface area contributed by atoms with Crippen molar-refractivity contribution in [1.29, 1.82) is 0 Å². The van der Waals surface area contributed by atoms with Crippen molar-refractivity contribution in [1.82, 2.24) is 10.6 Å². The van der Waals surface area contributed by atoms with Crippen LogP contribution in [0, 0.1) is 12.8 Å². The van der Waals surface area contributed by atoms with Crippen molar-refractivity contribution >= 4 is 23.4 Å². The van der Waals surface area contributed by atoms with Crippen LogP contribution in [0.4, 0.5) is 0 Å². The summed E-state index contributed by atoms with van der Waals surface area (Å²) in [7, 11) is 1.68. The van der Waals surface area contributed by atoms with Crippen LogP contribution in [0.15, 0.2) is 42.5 Å². The van der Waals surface area contributed by atoms with Gasteiger partial charge in [0, 0.05) is 44.2 Å². The number of halogens is 1. The van der Waals surface area contributed by atoms with E-state index in [4.69, 9.17) is 31.5 Å². The first-order valence-electron chi connectivity index (χ1n) is 14.1. The van der Waals surface area contributed by atoms with E-state index in [1.54, 1.807) is 19.2 Å². The summed E-state index contributed by atoms with van der Waals surface area (Å²) in [6, 6.07) is 12.6. The number of nitrogens with one attached hydrogen (secondary N) is 2. The molecule has 0 radical (unpaired) electrons. The molecule has 0 saturated heterocycles. The highest BCUT2D eigenvalue weighted by Crippen LogP contribution is 2.20. The molecule has 0 bridgehead atoms. The fraction of sp³-hybridized carbons (Fsp3) is 0.548. The minimum absolute atomic E-state index is 0.00266. The minimum Gasteiger partial charge on any atom is -0.493 e. The molecule has 3 unspecified atom stereocenters. The van der Waals surface area contributed by atoms with Crippen LogP contribution in [0.3, 0.4) is 0 Å². The number of nitrogens with two attached hydrogens (primary N) is 1. The number of hydrogen-bond donors (Lipinski definition) is 3. The number of methoxy groups -OCH3 is 1. The number of carbonyl (C=O) groups is 2. The summed E-state index contributed by atoms with van der Waals surface area (Å²) < 4.78 is 16.7. The number of ether oxygens (including phenoxy) is 3. The zero-order valence-corrected chi connectivity index (χ0v) is 25.1. The van der Waals surface area contributed by atoms with Crippen molar-refractivity contribution in [3.63, 3.8) is 0 Å². The van der Waals surface area contributed by atoms with E-state index < -0.39 is 6.04 Å². The lowest BCUT2D eigenvalue weighted by Crippen LogP contribution is -2.50. The topological polar surface area (TPSA) is 112 Å². The fourth-order valence-corrected chi connectivity index (χ4v) is 4.19. The zero-order valence-electron chi connectivity index (χ0n) is 24.3. The number of benzene rings is 2. The molecule has 222 valence electrons. The highest BCUT2D eigenvalue weighted by Gasteiger charge is 2.25. The third-order valence-corrected chi connectivity index (χ3v) is 7.03. The Kier molecular flexibility index (Phi) is 15.6.